The third-order valence-corrected chi connectivity index (χ3v) is 16.6. The number of carbonyl (C=O) groups is 1. The van der Waals surface area contributed by atoms with Crippen LogP contribution in [0, 0.1) is 5.41 Å². The lowest BCUT2D eigenvalue weighted by Gasteiger charge is -2.29. The molecule has 219 valence electrons. The quantitative estimate of drug-likeness (QED) is 0.267. The number of allylic oxidation sites excluding steroid dienone is 1. The number of hydrogen-bond acceptors (Lipinski definition) is 7. The van der Waals surface area contributed by atoms with E-state index < -0.39 is 0 Å². The number of rotatable bonds is 2. The van der Waals surface area contributed by atoms with E-state index in [0.29, 0.717) is 10.9 Å². The summed E-state index contributed by atoms with van der Waals surface area (Å²) < 4.78 is 5.73. The van der Waals surface area contributed by atoms with E-state index in [1.165, 1.54) is 38.9 Å². The lowest BCUT2D eigenvalue weighted by atomic mass is 9.74. The molecule has 43 heavy (non-hydrogen) atoms. The molecule has 0 saturated heterocycles. The van der Waals surface area contributed by atoms with E-state index in [1.54, 1.807) is 0 Å². The predicted octanol–water partition coefficient (Wildman–Crippen LogP) is 12.6. The second-order valence-corrected chi connectivity index (χ2v) is 20.2. The van der Waals surface area contributed by atoms with Crippen LogP contribution in [0.4, 0.5) is 0 Å². The van der Waals surface area contributed by atoms with Crippen LogP contribution in [0.5, 0.6) is 5.75 Å². The lowest BCUT2D eigenvalue weighted by Crippen LogP contribution is -2.21. The number of hydrogen-bond donors (Lipinski definition) is 0. The Balaban J connectivity index is 1.24. The molecular weight excluding hydrogens is 645 g/mol. The van der Waals surface area contributed by atoms with E-state index in [2.05, 4.69) is 71.2 Å². The van der Waals surface area contributed by atoms with Crippen molar-refractivity contribution in [1.82, 2.24) is 0 Å². The van der Waals surface area contributed by atoms with Crippen molar-refractivity contribution >= 4 is 98.1 Å². The van der Waals surface area contributed by atoms with Gasteiger partial charge in [-0.3, -0.25) is 9.90 Å². The molecule has 0 unspecified atom stereocenters. The molecule has 0 bridgehead atoms. The van der Waals surface area contributed by atoms with Gasteiger partial charge in [0.05, 0.1) is 16.9 Å². The van der Waals surface area contributed by atoms with Gasteiger partial charge in [0.25, 0.3) is 0 Å². The van der Waals surface area contributed by atoms with Crippen molar-refractivity contribution in [2.75, 3.05) is 11.5 Å². The molecule has 3 heterocycles. The molecule has 0 saturated carbocycles. The summed E-state index contributed by atoms with van der Waals surface area (Å²) in [4.78, 5) is 15.1. The smallest absolute Gasteiger partial charge is 0.190 e. The Kier molecular flexibility index (Phi) is 7.75. The van der Waals surface area contributed by atoms with Crippen LogP contribution in [0.2, 0.25) is 0 Å². The van der Waals surface area contributed by atoms with Gasteiger partial charge in [0.1, 0.15) is 0 Å². The third kappa shape index (κ3) is 5.48. The minimum Gasteiger partial charge on any atom is -0.289 e. The Hall–Kier alpha value is -1.55. The molecule has 0 spiro atoms. The third-order valence-electron chi connectivity index (χ3n) is 7.85. The number of benzene rings is 3. The van der Waals surface area contributed by atoms with Crippen molar-refractivity contribution in [3.8, 4) is 16.9 Å². The molecule has 0 aromatic heterocycles. The molecule has 7 rings (SSSR count). The number of Topliss-reactive ketones (excluding diaryl/α,β-unsaturated/α-hetero) is 1. The van der Waals surface area contributed by atoms with Gasteiger partial charge in [0, 0.05) is 43.9 Å². The zero-order valence-corrected chi connectivity index (χ0v) is 29.8. The fourth-order valence-electron chi connectivity index (χ4n) is 5.61. The summed E-state index contributed by atoms with van der Waals surface area (Å²) >= 11 is 11.5. The van der Waals surface area contributed by atoms with E-state index in [0.717, 1.165) is 33.2 Å². The van der Waals surface area contributed by atoms with Crippen molar-refractivity contribution in [2.45, 2.75) is 47.0 Å². The van der Waals surface area contributed by atoms with Crippen molar-refractivity contribution in [2.24, 2.45) is 5.41 Å². The average molecular weight is 676 g/mol. The van der Waals surface area contributed by atoms with Gasteiger partial charge in [-0.05, 0) is 62.8 Å². The molecule has 8 heteroatoms. The van der Waals surface area contributed by atoms with E-state index in [9.17, 15) is 9.90 Å². The van der Waals surface area contributed by atoms with Gasteiger partial charge in [0.2, 0.25) is 0 Å². The van der Waals surface area contributed by atoms with E-state index >= 15 is 0 Å². The molecule has 3 aliphatic heterocycles. The molecule has 3 aromatic rings. The minimum atomic E-state index is -0.307. The van der Waals surface area contributed by atoms with Gasteiger partial charge in [0.15, 0.2) is 11.5 Å². The van der Waals surface area contributed by atoms with Gasteiger partial charge in [-0.1, -0.05) is 113 Å². The molecule has 0 atom stereocenters. The van der Waals surface area contributed by atoms with Crippen LogP contribution in [0.1, 0.15) is 68.6 Å². The monoisotopic (exact) mass is 675 g/mol. The lowest BCUT2D eigenvalue weighted by molar-refractivity contribution is 0.101. The summed E-state index contributed by atoms with van der Waals surface area (Å²) in [5, 5.41) is 17.6. The maximum atomic E-state index is 13.9. The number of carbonyl (C=O) groups excluding carboxylic acids is 1. The summed E-state index contributed by atoms with van der Waals surface area (Å²) in [5.41, 5.74) is 5.66. The highest BCUT2D eigenvalue weighted by Crippen LogP contribution is 2.64. The summed E-state index contributed by atoms with van der Waals surface area (Å²) in [6, 6.07) is 14.6. The Bertz CT molecular complexity index is 1830. The van der Waals surface area contributed by atoms with Crippen LogP contribution in [0.15, 0.2) is 70.4 Å². The van der Waals surface area contributed by atoms with Gasteiger partial charge in [-0.25, -0.2) is 0 Å². The first kappa shape index (κ1) is 30.1. The first-order valence-corrected chi connectivity index (χ1v) is 19.5. The normalized spacial score (nSPS) is 18.9. The zero-order chi connectivity index (χ0) is 30.3. The predicted molar refractivity (Wildman–Crippen MR) is 197 cm³/mol. The van der Waals surface area contributed by atoms with Crippen LogP contribution in [-0.4, -0.2) is 17.3 Å². The fourth-order valence-corrected chi connectivity index (χ4v) is 14.2. The van der Waals surface area contributed by atoms with Crippen LogP contribution in [-0.2, 0) is 10.5 Å². The molecular formula is C35H31O2S6. The van der Waals surface area contributed by atoms with Crippen LogP contribution < -0.4 is 0 Å². The average Bonchev–Trinajstić information content (AvgIpc) is 3.62. The highest BCUT2D eigenvalue weighted by Gasteiger charge is 2.33. The van der Waals surface area contributed by atoms with Gasteiger partial charge >= 0.3 is 0 Å². The Labute approximate surface area is 279 Å². The largest absolute Gasteiger partial charge is 0.289 e. The molecule has 0 N–H and O–H groups in total. The topological polar surface area (TPSA) is 37.0 Å². The molecule has 2 nitrogen and oxygen atoms in total. The maximum Gasteiger partial charge on any atom is 0.190 e. The van der Waals surface area contributed by atoms with Crippen molar-refractivity contribution in [3.63, 3.8) is 0 Å². The minimum absolute atomic E-state index is 0.0205. The van der Waals surface area contributed by atoms with Gasteiger partial charge < -0.3 is 0 Å². The summed E-state index contributed by atoms with van der Waals surface area (Å²) in [5.74, 6) is 2.44. The summed E-state index contributed by atoms with van der Waals surface area (Å²) in [7, 11) is 0. The Morgan fingerprint density at radius 1 is 0.698 bits per heavy atom. The van der Waals surface area contributed by atoms with Crippen molar-refractivity contribution in [3.05, 3.63) is 92.6 Å². The maximum absolute atomic E-state index is 13.9. The van der Waals surface area contributed by atoms with Crippen molar-refractivity contribution in [1.29, 1.82) is 0 Å². The van der Waals surface area contributed by atoms with Gasteiger partial charge in [-0.15, -0.1) is 23.5 Å². The molecule has 1 radical (unpaired) electrons. The Morgan fingerprint density at radius 2 is 1.35 bits per heavy atom. The van der Waals surface area contributed by atoms with E-state index in [1.807, 2.05) is 94.8 Å². The fraction of sp³-hybridized carbons (Fsp3) is 0.286. The molecule has 0 amide bonds. The first-order chi connectivity index (χ1) is 20.4. The molecule has 0 fully saturated rings. The zero-order valence-electron chi connectivity index (χ0n) is 24.9. The standard InChI is InChI=1S/C35H31O2S6/c1-34(2,3)24-15-21-16-25(35(4,5)6)29(37)23-14-20(13-22(27(21)23)28(24)36)18-7-9-19(10-8-18)26-17-40-32(41-26)33-42-30-31(43-33)39-12-11-38-30/h7-10,13-17H,11-12H2,1-6H3. The van der Waals surface area contributed by atoms with Gasteiger partial charge in [-0.2, -0.15) is 0 Å². The molecule has 1 aliphatic carbocycles. The summed E-state index contributed by atoms with van der Waals surface area (Å²) in [6.45, 7) is 12.5. The summed E-state index contributed by atoms with van der Waals surface area (Å²) in [6.07, 6.45) is 2.01. The number of thioether (sulfide) groups is 6. The molecule has 4 aliphatic rings. The van der Waals surface area contributed by atoms with Crippen molar-refractivity contribution < 1.29 is 9.90 Å². The Morgan fingerprint density at radius 3 is 1.98 bits per heavy atom. The van der Waals surface area contributed by atoms with Crippen LogP contribution in [0.25, 0.3) is 32.9 Å². The van der Waals surface area contributed by atoms with E-state index in [-0.39, 0.29) is 22.4 Å². The van der Waals surface area contributed by atoms with E-state index in [4.69, 9.17) is 0 Å². The highest BCUT2D eigenvalue weighted by atomic mass is 32.3. The second-order valence-electron chi connectivity index (χ2n) is 13.0. The number of ketones is 1. The SMILES string of the molecule is CC(C)(C)C1=Cc2cc(C(C)(C)C)c([O])c3cc(-c4ccc(C5=CSC(=C6SC7=C(SCCS7)S6)S5)cc4)cc(c23)C1=O. The highest BCUT2D eigenvalue weighted by molar-refractivity contribution is 8.43. The van der Waals surface area contributed by atoms with Crippen LogP contribution >= 0.6 is 70.6 Å². The van der Waals surface area contributed by atoms with Crippen LogP contribution in [0.3, 0.4) is 0 Å². The second kappa shape index (κ2) is 11.1. The first-order valence-electron chi connectivity index (χ1n) is 14.2. The molecule has 3 aromatic carbocycles.